The highest BCUT2D eigenvalue weighted by Gasteiger charge is 2.48. The van der Waals surface area contributed by atoms with Gasteiger partial charge in [-0.3, -0.25) is 0 Å². The van der Waals surface area contributed by atoms with Crippen molar-refractivity contribution in [3.05, 3.63) is 0 Å². The maximum absolute atomic E-state index is 10.7. The fourth-order valence-corrected chi connectivity index (χ4v) is 1.57. The first-order chi connectivity index (χ1) is 7.02. The van der Waals surface area contributed by atoms with Crippen molar-refractivity contribution in [1.82, 2.24) is 0 Å². The van der Waals surface area contributed by atoms with Crippen LogP contribution in [0.3, 0.4) is 0 Å². The van der Waals surface area contributed by atoms with Crippen LogP contribution in [0.1, 0.15) is 0 Å². The van der Waals surface area contributed by atoms with E-state index in [1.807, 2.05) is 0 Å². The normalized spacial score (nSPS) is 41.5. The third kappa shape index (κ3) is 2.27. The zero-order valence-corrected chi connectivity index (χ0v) is 8.36. The highest BCUT2D eigenvalue weighted by molar-refractivity contribution is 5.73. The molecule has 0 amide bonds. The van der Waals surface area contributed by atoms with Crippen LogP contribution in [0.2, 0.25) is 0 Å². The summed E-state index contributed by atoms with van der Waals surface area (Å²) in [7, 11) is 2.59. The first-order valence-corrected chi connectivity index (χ1v) is 4.33. The minimum Gasteiger partial charge on any atom is -0.479 e. The predicted molar refractivity (Wildman–Crippen MR) is 46.1 cm³/mol. The summed E-state index contributed by atoms with van der Waals surface area (Å²) in [5.41, 5.74) is 0. The lowest BCUT2D eigenvalue weighted by molar-refractivity contribution is -0.288. The van der Waals surface area contributed by atoms with Gasteiger partial charge in [0.25, 0.3) is 0 Å². The van der Waals surface area contributed by atoms with Crippen molar-refractivity contribution in [2.75, 3.05) is 14.2 Å². The molecule has 0 aliphatic carbocycles. The first kappa shape index (κ1) is 12.3. The van der Waals surface area contributed by atoms with Crippen molar-refractivity contribution in [3.63, 3.8) is 0 Å². The molecule has 0 aromatic heterocycles. The van der Waals surface area contributed by atoms with Gasteiger partial charge in [0.1, 0.15) is 18.3 Å². The van der Waals surface area contributed by atoms with Crippen LogP contribution in [-0.2, 0) is 19.0 Å². The zero-order valence-electron chi connectivity index (χ0n) is 8.36. The molecule has 0 radical (unpaired) electrons. The Hall–Kier alpha value is -0.730. The largest absolute Gasteiger partial charge is 0.479 e. The second-order valence-electron chi connectivity index (χ2n) is 3.18. The number of rotatable bonds is 3. The average molecular weight is 222 g/mol. The van der Waals surface area contributed by atoms with Crippen LogP contribution in [0.15, 0.2) is 0 Å². The number of ether oxygens (including phenoxy) is 3. The SMILES string of the molecule is COC1C(O)OC(C(=O)O)C(O)C1OC. The summed E-state index contributed by atoms with van der Waals surface area (Å²) in [6, 6.07) is 0. The number of carboxylic acid groups (broad SMARTS) is 1. The minimum absolute atomic E-state index is 0.916. The molecule has 1 saturated heterocycles. The van der Waals surface area contributed by atoms with E-state index in [1.54, 1.807) is 0 Å². The van der Waals surface area contributed by atoms with Gasteiger partial charge in [0, 0.05) is 14.2 Å². The lowest BCUT2D eigenvalue weighted by Crippen LogP contribution is -2.60. The quantitative estimate of drug-likeness (QED) is 0.516. The van der Waals surface area contributed by atoms with Gasteiger partial charge in [0.2, 0.25) is 0 Å². The molecule has 7 nitrogen and oxygen atoms in total. The molecular weight excluding hydrogens is 208 g/mol. The fraction of sp³-hybridized carbons (Fsp3) is 0.875. The number of methoxy groups -OCH3 is 2. The summed E-state index contributed by atoms with van der Waals surface area (Å²) in [5.74, 6) is -1.36. The molecule has 0 aromatic carbocycles. The molecule has 1 aliphatic rings. The van der Waals surface area contributed by atoms with E-state index >= 15 is 0 Å². The van der Waals surface area contributed by atoms with Crippen molar-refractivity contribution in [2.45, 2.75) is 30.7 Å². The van der Waals surface area contributed by atoms with Gasteiger partial charge in [-0.2, -0.15) is 0 Å². The van der Waals surface area contributed by atoms with Crippen LogP contribution in [0.4, 0.5) is 0 Å². The van der Waals surface area contributed by atoms with Gasteiger partial charge in [0.05, 0.1) is 0 Å². The summed E-state index contributed by atoms with van der Waals surface area (Å²) in [6.45, 7) is 0. The van der Waals surface area contributed by atoms with Crippen LogP contribution in [-0.4, -0.2) is 66.2 Å². The number of carbonyl (C=O) groups is 1. The molecule has 0 aromatic rings. The molecule has 1 heterocycles. The van der Waals surface area contributed by atoms with Crippen molar-refractivity contribution in [2.24, 2.45) is 0 Å². The Morgan fingerprint density at radius 1 is 1.20 bits per heavy atom. The number of hydrogen-bond donors (Lipinski definition) is 3. The molecule has 0 bridgehead atoms. The molecule has 3 N–H and O–H groups in total. The summed E-state index contributed by atoms with van der Waals surface area (Å²) >= 11 is 0. The molecule has 5 atom stereocenters. The minimum atomic E-state index is -1.52. The Kier molecular flexibility index (Phi) is 4.00. The van der Waals surface area contributed by atoms with Gasteiger partial charge in [0.15, 0.2) is 12.4 Å². The highest BCUT2D eigenvalue weighted by Crippen LogP contribution is 2.23. The van der Waals surface area contributed by atoms with Crippen LogP contribution in [0, 0.1) is 0 Å². The van der Waals surface area contributed by atoms with E-state index in [-0.39, 0.29) is 0 Å². The molecule has 7 heteroatoms. The van der Waals surface area contributed by atoms with Gasteiger partial charge in [-0.15, -0.1) is 0 Å². The second-order valence-corrected chi connectivity index (χ2v) is 3.18. The smallest absolute Gasteiger partial charge is 0.335 e. The Bertz CT molecular complexity index is 231. The molecule has 1 rings (SSSR count). The Morgan fingerprint density at radius 2 is 1.73 bits per heavy atom. The van der Waals surface area contributed by atoms with E-state index < -0.39 is 36.7 Å². The number of carboxylic acids is 1. The van der Waals surface area contributed by atoms with Crippen LogP contribution in [0.5, 0.6) is 0 Å². The highest BCUT2D eigenvalue weighted by atomic mass is 16.7. The zero-order chi connectivity index (χ0) is 11.6. The number of aliphatic hydroxyl groups is 2. The third-order valence-corrected chi connectivity index (χ3v) is 2.33. The molecule has 1 fully saturated rings. The number of aliphatic hydroxyl groups excluding tert-OH is 2. The summed E-state index contributed by atoms with van der Waals surface area (Å²) in [5, 5.41) is 27.7. The van der Waals surface area contributed by atoms with Crippen LogP contribution >= 0.6 is 0 Å². The fourth-order valence-electron chi connectivity index (χ4n) is 1.57. The predicted octanol–water partition coefficient (Wildman–Crippen LogP) is -1.82. The molecule has 1 aliphatic heterocycles. The van der Waals surface area contributed by atoms with E-state index in [2.05, 4.69) is 0 Å². The molecular formula is C8H14O7. The van der Waals surface area contributed by atoms with E-state index in [1.165, 1.54) is 14.2 Å². The van der Waals surface area contributed by atoms with Gasteiger partial charge in [-0.05, 0) is 0 Å². The van der Waals surface area contributed by atoms with E-state index in [9.17, 15) is 15.0 Å². The lowest BCUT2D eigenvalue weighted by Gasteiger charge is -2.39. The monoisotopic (exact) mass is 222 g/mol. The first-order valence-electron chi connectivity index (χ1n) is 4.33. The van der Waals surface area contributed by atoms with Gasteiger partial charge < -0.3 is 29.5 Å². The summed E-state index contributed by atoms with van der Waals surface area (Å²) in [6.07, 6.45) is -6.21. The van der Waals surface area contributed by atoms with Crippen LogP contribution < -0.4 is 0 Å². The summed E-state index contributed by atoms with van der Waals surface area (Å²) < 4.78 is 14.4. The van der Waals surface area contributed by atoms with Gasteiger partial charge in [-0.1, -0.05) is 0 Å². The van der Waals surface area contributed by atoms with Gasteiger partial charge in [-0.25, -0.2) is 4.79 Å². The maximum Gasteiger partial charge on any atom is 0.335 e. The lowest BCUT2D eigenvalue weighted by atomic mass is 9.98. The Labute approximate surface area is 86.2 Å². The Morgan fingerprint density at radius 3 is 2.13 bits per heavy atom. The van der Waals surface area contributed by atoms with Crippen LogP contribution in [0.25, 0.3) is 0 Å². The Balaban J connectivity index is 2.84. The maximum atomic E-state index is 10.7. The molecule has 0 spiro atoms. The standard InChI is InChI=1S/C8H14O7/c1-13-4-3(9)5(7(10)11)15-8(12)6(4)14-2/h3-6,8-9,12H,1-2H3,(H,10,11). The summed E-state index contributed by atoms with van der Waals surface area (Å²) in [4.78, 5) is 10.7. The molecule has 15 heavy (non-hydrogen) atoms. The van der Waals surface area contributed by atoms with E-state index in [0.29, 0.717) is 0 Å². The topological polar surface area (TPSA) is 105 Å². The molecule has 88 valence electrons. The third-order valence-electron chi connectivity index (χ3n) is 2.33. The number of aliphatic carboxylic acids is 1. The molecule has 5 unspecified atom stereocenters. The average Bonchev–Trinajstić information content (AvgIpc) is 2.19. The number of hydrogen-bond acceptors (Lipinski definition) is 6. The van der Waals surface area contributed by atoms with Crippen molar-refractivity contribution < 1.29 is 34.3 Å². The van der Waals surface area contributed by atoms with Crippen molar-refractivity contribution >= 4 is 5.97 Å². The van der Waals surface area contributed by atoms with Crippen molar-refractivity contribution in [1.29, 1.82) is 0 Å². The van der Waals surface area contributed by atoms with Gasteiger partial charge >= 0.3 is 5.97 Å². The van der Waals surface area contributed by atoms with E-state index in [0.717, 1.165) is 0 Å². The second kappa shape index (κ2) is 4.86. The van der Waals surface area contributed by atoms with Crippen molar-refractivity contribution in [3.8, 4) is 0 Å². The molecule has 0 saturated carbocycles. The van der Waals surface area contributed by atoms with E-state index in [4.69, 9.17) is 19.3 Å².